The molecule has 0 aliphatic carbocycles. The summed E-state index contributed by atoms with van der Waals surface area (Å²) in [6.45, 7) is 4.85. The summed E-state index contributed by atoms with van der Waals surface area (Å²) in [5.74, 6) is 0. The maximum atomic E-state index is 10.6. The van der Waals surface area contributed by atoms with Gasteiger partial charge in [0.1, 0.15) is 0 Å². The van der Waals surface area contributed by atoms with Crippen LogP contribution in [0.25, 0.3) is 0 Å². The van der Waals surface area contributed by atoms with Gasteiger partial charge in [0.15, 0.2) is 0 Å². The molecule has 18 heavy (non-hydrogen) atoms. The highest BCUT2D eigenvalue weighted by molar-refractivity contribution is 6.31. The van der Waals surface area contributed by atoms with E-state index in [-0.39, 0.29) is 5.69 Å². The second-order valence-electron chi connectivity index (χ2n) is 4.61. The summed E-state index contributed by atoms with van der Waals surface area (Å²) in [7, 11) is 2.11. The highest BCUT2D eigenvalue weighted by Gasteiger charge is 2.16. The van der Waals surface area contributed by atoms with Crippen LogP contribution in [0.4, 0.5) is 5.69 Å². The van der Waals surface area contributed by atoms with E-state index in [1.807, 2.05) is 0 Å². The first kappa shape index (κ1) is 13.3. The SMILES string of the molecule is CN1CCN(Cc2ccc([N+](=O)[O-])cc2Cl)CC1. The van der Waals surface area contributed by atoms with Crippen molar-refractivity contribution in [1.29, 1.82) is 0 Å². The van der Waals surface area contributed by atoms with E-state index in [0.717, 1.165) is 38.3 Å². The fraction of sp³-hybridized carbons (Fsp3) is 0.500. The number of hydrogen-bond acceptors (Lipinski definition) is 4. The number of nitro benzene ring substituents is 1. The first-order valence-corrected chi connectivity index (χ1v) is 6.28. The number of piperazine rings is 1. The van der Waals surface area contributed by atoms with Gasteiger partial charge in [0, 0.05) is 44.9 Å². The molecule has 6 heteroatoms. The van der Waals surface area contributed by atoms with Gasteiger partial charge >= 0.3 is 0 Å². The van der Waals surface area contributed by atoms with Gasteiger partial charge in [0.25, 0.3) is 5.69 Å². The fourth-order valence-corrected chi connectivity index (χ4v) is 2.26. The van der Waals surface area contributed by atoms with E-state index in [0.29, 0.717) is 5.02 Å². The van der Waals surface area contributed by atoms with Crippen LogP contribution in [0.5, 0.6) is 0 Å². The molecule has 1 aromatic carbocycles. The second-order valence-corrected chi connectivity index (χ2v) is 5.02. The van der Waals surface area contributed by atoms with Crippen LogP contribution in [-0.2, 0) is 6.54 Å². The number of likely N-dealkylation sites (N-methyl/N-ethyl adjacent to an activating group) is 1. The minimum atomic E-state index is -0.425. The van der Waals surface area contributed by atoms with Crippen molar-refractivity contribution in [3.05, 3.63) is 38.9 Å². The summed E-state index contributed by atoms with van der Waals surface area (Å²) >= 11 is 6.08. The van der Waals surface area contributed by atoms with Gasteiger partial charge in [-0.15, -0.1) is 0 Å². The topological polar surface area (TPSA) is 49.6 Å². The summed E-state index contributed by atoms with van der Waals surface area (Å²) in [5, 5.41) is 11.1. The van der Waals surface area contributed by atoms with Crippen LogP contribution in [0, 0.1) is 10.1 Å². The average molecular weight is 270 g/mol. The first-order valence-electron chi connectivity index (χ1n) is 5.90. The van der Waals surface area contributed by atoms with Crippen molar-refractivity contribution < 1.29 is 4.92 Å². The normalized spacial score (nSPS) is 17.9. The minimum absolute atomic E-state index is 0.0436. The van der Waals surface area contributed by atoms with Crippen molar-refractivity contribution in [2.75, 3.05) is 33.2 Å². The molecule has 0 spiro atoms. The third kappa shape index (κ3) is 3.19. The monoisotopic (exact) mass is 269 g/mol. The van der Waals surface area contributed by atoms with Crippen molar-refractivity contribution in [2.45, 2.75) is 6.54 Å². The average Bonchev–Trinajstić information content (AvgIpc) is 2.34. The summed E-state index contributed by atoms with van der Waals surface area (Å²) in [5.41, 5.74) is 0.994. The van der Waals surface area contributed by atoms with E-state index in [4.69, 9.17) is 11.6 Å². The Morgan fingerprint density at radius 3 is 2.56 bits per heavy atom. The van der Waals surface area contributed by atoms with Crippen LogP contribution in [0.3, 0.4) is 0 Å². The summed E-state index contributed by atoms with van der Waals surface area (Å²) in [6, 6.07) is 4.68. The number of benzene rings is 1. The number of nitro groups is 1. The van der Waals surface area contributed by atoms with Gasteiger partial charge in [0.05, 0.1) is 9.95 Å². The van der Waals surface area contributed by atoms with E-state index in [2.05, 4.69) is 16.8 Å². The molecule has 0 radical (unpaired) electrons. The smallest absolute Gasteiger partial charge is 0.270 e. The molecule has 0 bridgehead atoms. The number of non-ortho nitro benzene ring substituents is 1. The Kier molecular flexibility index (Phi) is 4.16. The van der Waals surface area contributed by atoms with Gasteiger partial charge in [-0.05, 0) is 18.7 Å². The van der Waals surface area contributed by atoms with Gasteiger partial charge in [-0.25, -0.2) is 0 Å². The van der Waals surface area contributed by atoms with Gasteiger partial charge in [0.2, 0.25) is 0 Å². The van der Waals surface area contributed by atoms with Crippen molar-refractivity contribution in [1.82, 2.24) is 9.80 Å². The van der Waals surface area contributed by atoms with E-state index < -0.39 is 4.92 Å². The zero-order valence-corrected chi connectivity index (χ0v) is 11.1. The molecule has 0 atom stereocenters. The lowest BCUT2D eigenvalue weighted by atomic mass is 10.2. The molecule has 1 saturated heterocycles. The van der Waals surface area contributed by atoms with Crippen LogP contribution in [0.1, 0.15) is 5.56 Å². The molecule has 1 aliphatic rings. The van der Waals surface area contributed by atoms with E-state index >= 15 is 0 Å². The molecular formula is C12H16ClN3O2. The highest BCUT2D eigenvalue weighted by Crippen LogP contribution is 2.23. The molecule has 0 N–H and O–H groups in total. The van der Waals surface area contributed by atoms with Gasteiger partial charge < -0.3 is 4.90 Å². The second kappa shape index (κ2) is 5.65. The van der Waals surface area contributed by atoms with Crippen LogP contribution in [0.15, 0.2) is 18.2 Å². The molecule has 0 aromatic heterocycles. The van der Waals surface area contributed by atoms with Crippen LogP contribution < -0.4 is 0 Å². The zero-order chi connectivity index (χ0) is 13.1. The summed E-state index contributed by atoms with van der Waals surface area (Å²) in [4.78, 5) is 14.8. The third-order valence-corrected chi connectivity index (χ3v) is 3.59. The molecule has 0 unspecified atom stereocenters. The summed E-state index contributed by atoms with van der Waals surface area (Å²) in [6.07, 6.45) is 0. The third-order valence-electron chi connectivity index (χ3n) is 3.24. The Morgan fingerprint density at radius 2 is 2.00 bits per heavy atom. The maximum Gasteiger partial charge on any atom is 0.270 e. The van der Waals surface area contributed by atoms with Crippen LogP contribution >= 0.6 is 11.6 Å². The maximum absolute atomic E-state index is 10.6. The zero-order valence-electron chi connectivity index (χ0n) is 10.3. The predicted molar refractivity (Wildman–Crippen MR) is 70.9 cm³/mol. The number of nitrogens with zero attached hydrogens (tertiary/aromatic N) is 3. The van der Waals surface area contributed by atoms with Crippen LogP contribution in [-0.4, -0.2) is 47.9 Å². The Labute approximate surface area is 111 Å². The molecule has 98 valence electrons. The Bertz CT molecular complexity index is 445. The molecule has 0 saturated carbocycles. The Morgan fingerprint density at radius 1 is 1.33 bits per heavy atom. The lowest BCUT2D eigenvalue weighted by molar-refractivity contribution is -0.384. The molecule has 1 aliphatic heterocycles. The molecule has 2 rings (SSSR count). The van der Waals surface area contributed by atoms with Gasteiger partial charge in [-0.1, -0.05) is 11.6 Å². The summed E-state index contributed by atoms with van der Waals surface area (Å²) < 4.78 is 0. The van der Waals surface area contributed by atoms with Gasteiger partial charge in [-0.3, -0.25) is 15.0 Å². The van der Waals surface area contributed by atoms with Crippen molar-refractivity contribution >= 4 is 17.3 Å². The molecule has 1 heterocycles. The lowest BCUT2D eigenvalue weighted by Crippen LogP contribution is -2.43. The molecule has 0 amide bonds. The molecule has 1 aromatic rings. The van der Waals surface area contributed by atoms with Crippen molar-refractivity contribution in [2.24, 2.45) is 0 Å². The highest BCUT2D eigenvalue weighted by atomic mass is 35.5. The standard InChI is InChI=1S/C12H16ClN3O2/c1-14-4-6-15(7-5-14)9-10-2-3-11(16(17)18)8-12(10)13/h2-3,8H,4-7,9H2,1H3. The van der Waals surface area contributed by atoms with E-state index in [1.165, 1.54) is 12.1 Å². The Hall–Kier alpha value is -1.17. The first-order chi connectivity index (χ1) is 8.56. The minimum Gasteiger partial charge on any atom is -0.304 e. The number of halogens is 1. The lowest BCUT2D eigenvalue weighted by Gasteiger charge is -2.32. The van der Waals surface area contributed by atoms with Crippen LogP contribution in [0.2, 0.25) is 5.02 Å². The quantitative estimate of drug-likeness (QED) is 0.622. The molecule has 5 nitrogen and oxygen atoms in total. The molecule has 1 fully saturated rings. The predicted octanol–water partition coefficient (Wildman–Crippen LogP) is 2.00. The van der Waals surface area contributed by atoms with E-state index in [1.54, 1.807) is 6.07 Å². The van der Waals surface area contributed by atoms with E-state index in [9.17, 15) is 10.1 Å². The number of rotatable bonds is 3. The van der Waals surface area contributed by atoms with Crippen molar-refractivity contribution in [3.8, 4) is 0 Å². The fourth-order valence-electron chi connectivity index (χ4n) is 2.02. The number of hydrogen-bond donors (Lipinski definition) is 0. The van der Waals surface area contributed by atoms with Crippen molar-refractivity contribution in [3.63, 3.8) is 0 Å². The largest absolute Gasteiger partial charge is 0.304 e. The molecular weight excluding hydrogens is 254 g/mol. The Balaban J connectivity index is 2.03. The van der Waals surface area contributed by atoms with Gasteiger partial charge in [-0.2, -0.15) is 0 Å².